The highest BCUT2D eigenvalue weighted by Gasteiger charge is 2.37. The van der Waals surface area contributed by atoms with Crippen LogP contribution in [0.4, 0.5) is 15.0 Å². The summed E-state index contributed by atoms with van der Waals surface area (Å²) in [7, 11) is 1.49. The SMILES string of the molecule is C#Cc1c(F)ccc2cc(OCOC)cc(C(=O)c3nc4nc(OC[C@@H]5CCCN5C(=O)OC(C)(C)C)nc(N5CCC[C@@](C)(O)C5)c4n3C3CCC3)c12. The lowest BCUT2D eigenvalue weighted by molar-refractivity contribution is 0.0184. The van der Waals surface area contributed by atoms with Crippen LogP contribution in [0.5, 0.6) is 11.8 Å². The van der Waals surface area contributed by atoms with Crippen LogP contribution < -0.4 is 14.4 Å². The molecule has 1 aliphatic carbocycles. The summed E-state index contributed by atoms with van der Waals surface area (Å²) >= 11 is 0. The molecule has 4 heterocycles. The molecule has 2 atom stereocenters. The molecule has 1 N–H and O–H groups in total. The summed E-state index contributed by atoms with van der Waals surface area (Å²) in [5.41, 5.74) is -0.754. The number of terminal acetylenes is 1. The summed E-state index contributed by atoms with van der Waals surface area (Å²) < 4.78 is 39.9. The third kappa shape index (κ3) is 7.39. The van der Waals surface area contributed by atoms with Crippen molar-refractivity contribution in [3.63, 3.8) is 0 Å². The molecule has 7 rings (SSSR count). The minimum absolute atomic E-state index is 0.0353. The number of carbonyl (C=O) groups is 2. The van der Waals surface area contributed by atoms with Gasteiger partial charge in [0, 0.05) is 43.7 Å². The molecule has 2 aromatic carbocycles. The Labute approximate surface area is 313 Å². The Morgan fingerprint density at radius 1 is 1.07 bits per heavy atom. The third-order valence-electron chi connectivity index (χ3n) is 10.3. The van der Waals surface area contributed by atoms with E-state index >= 15 is 4.39 Å². The van der Waals surface area contributed by atoms with E-state index in [9.17, 15) is 14.7 Å². The zero-order valence-corrected chi connectivity index (χ0v) is 31.5. The number of carbonyl (C=O) groups excluding carboxylic acids is 2. The molecule has 2 aromatic heterocycles. The van der Waals surface area contributed by atoms with Crippen LogP contribution >= 0.6 is 0 Å². The van der Waals surface area contributed by atoms with Crippen molar-refractivity contribution in [1.82, 2.24) is 24.4 Å². The number of aromatic nitrogens is 4. The molecule has 54 heavy (non-hydrogen) atoms. The van der Waals surface area contributed by atoms with Gasteiger partial charge in [-0.05, 0) is 96.2 Å². The first kappa shape index (κ1) is 37.3. The van der Waals surface area contributed by atoms with Gasteiger partial charge in [0.2, 0.25) is 5.78 Å². The van der Waals surface area contributed by atoms with Gasteiger partial charge in [-0.15, -0.1) is 6.42 Å². The van der Waals surface area contributed by atoms with E-state index in [1.54, 1.807) is 24.0 Å². The van der Waals surface area contributed by atoms with Crippen LogP contribution in [-0.4, -0.2) is 98.8 Å². The van der Waals surface area contributed by atoms with Crippen LogP contribution in [0.25, 0.3) is 21.9 Å². The number of ether oxygens (including phenoxy) is 4. The zero-order valence-electron chi connectivity index (χ0n) is 31.5. The van der Waals surface area contributed by atoms with E-state index in [-0.39, 0.29) is 59.5 Å². The number of anilines is 1. The quantitative estimate of drug-likeness (QED) is 0.113. The van der Waals surface area contributed by atoms with Crippen molar-refractivity contribution in [1.29, 1.82) is 0 Å². The molecule has 3 aliphatic rings. The number of halogens is 1. The monoisotopic (exact) mass is 742 g/mol. The Morgan fingerprint density at radius 2 is 1.87 bits per heavy atom. The number of rotatable bonds is 10. The van der Waals surface area contributed by atoms with E-state index in [0.29, 0.717) is 54.9 Å². The molecule has 0 bridgehead atoms. The number of benzene rings is 2. The summed E-state index contributed by atoms with van der Waals surface area (Å²) in [6.07, 6.45) is 10.8. The van der Waals surface area contributed by atoms with Gasteiger partial charge in [-0.1, -0.05) is 12.0 Å². The van der Waals surface area contributed by atoms with Gasteiger partial charge in [0.1, 0.15) is 29.3 Å². The van der Waals surface area contributed by atoms with Crippen LogP contribution in [-0.2, 0) is 9.47 Å². The van der Waals surface area contributed by atoms with Gasteiger partial charge < -0.3 is 38.4 Å². The van der Waals surface area contributed by atoms with E-state index in [4.69, 9.17) is 40.3 Å². The van der Waals surface area contributed by atoms with Gasteiger partial charge in [-0.25, -0.2) is 14.2 Å². The average molecular weight is 743 g/mol. The molecule has 0 unspecified atom stereocenters. The molecular weight excluding hydrogens is 695 g/mol. The van der Waals surface area contributed by atoms with Gasteiger partial charge in [-0.3, -0.25) is 4.79 Å². The number of ketones is 1. The minimum Gasteiger partial charge on any atom is -0.468 e. The number of imidazole rings is 1. The number of β-amino-alcohol motifs (C(OH)–C–C–N with tert-alkyl or cyclic N) is 1. The molecule has 14 heteroatoms. The van der Waals surface area contributed by atoms with Crippen LogP contribution in [0.15, 0.2) is 24.3 Å². The van der Waals surface area contributed by atoms with E-state index in [0.717, 1.165) is 32.1 Å². The van der Waals surface area contributed by atoms with Crippen LogP contribution in [0.2, 0.25) is 0 Å². The second-order valence-electron chi connectivity index (χ2n) is 15.7. The number of nitrogens with zero attached hydrogens (tertiary/aromatic N) is 6. The molecule has 286 valence electrons. The number of hydrogen-bond acceptors (Lipinski definition) is 11. The summed E-state index contributed by atoms with van der Waals surface area (Å²) in [5, 5.41) is 12.0. The predicted octanol–water partition coefficient (Wildman–Crippen LogP) is 6.17. The maximum Gasteiger partial charge on any atom is 0.410 e. The second-order valence-corrected chi connectivity index (χ2v) is 15.7. The van der Waals surface area contributed by atoms with Crippen molar-refractivity contribution in [2.45, 2.75) is 95.9 Å². The molecule has 1 saturated carbocycles. The number of piperidine rings is 1. The molecule has 2 saturated heterocycles. The average Bonchev–Trinajstić information content (AvgIpc) is 3.72. The van der Waals surface area contributed by atoms with Crippen LogP contribution in [0, 0.1) is 18.2 Å². The normalized spacial score (nSPS) is 20.6. The fraction of sp³-hybridized carbons (Fsp3) is 0.525. The first-order valence-corrected chi connectivity index (χ1v) is 18.6. The number of likely N-dealkylation sites (tertiary alicyclic amines) is 1. The Hall–Kier alpha value is -5.00. The number of fused-ring (bicyclic) bond motifs is 2. The topological polar surface area (TPSA) is 141 Å². The second kappa shape index (κ2) is 14.7. The third-order valence-corrected chi connectivity index (χ3v) is 10.3. The zero-order chi connectivity index (χ0) is 38.4. The summed E-state index contributed by atoms with van der Waals surface area (Å²) in [6, 6.07) is 5.74. The van der Waals surface area contributed by atoms with Gasteiger partial charge in [0.05, 0.1) is 17.2 Å². The summed E-state index contributed by atoms with van der Waals surface area (Å²) in [6.45, 7) is 8.78. The van der Waals surface area contributed by atoms with Crippen molar-refractivity contribution in [3.05, 3.63) is 47.0 Å². The van der Waals surface area contributed by atoms with Gasteiger partial charge in [0.25, 0.3) is 0 Å². The highest BCUT2D eigenvalue weighted by Crippen LogP contribution is 2.41. The highest BCUT2D eigenvalue weighted by molar-refractivity contribution is 6.17. The lowest BCUT2D eigenvalue weighted by Gasteiger charge is -2.38. The Morgan fingerprint density at radius 3 is 2.56 bits per heavy atom. The Kier molecular flexibility index (Phi) is 10.1. The predicted molar refractivity (Wildman–Crippen MR) is 200 cm³/mol. The standard InChI is InChI=1S/C40H47FN6O7/c1-7-28-30(41)15-14-24-19-27(53-23-51-6)20-29(31(24)28)33(48)36-42-34-32(47(36)25-11-8-12-25)35(45-17-10-16-40(5,50)22-45)44-37(43-34)52-21-26-13-9-18-46(26)38(49)54-39(2,3)4/h1,14-15,19-20,25-26,50H,8-13,16-18,21-23H2,2-6H3/t26-,40+/m0/s1. The largest absolute Gasteiger partial charge is 0.468 e. The van der Waals surface area contributed by atoms with E-state index in [1.165, 1.54) is 19.2 Å². The van der Waals surface area contributed by atoms with Crippen molar-refractivity contribution in [2.75, 3.05) is 45.0 Å². The number of hydrogen-bond donors (Lipinski definition) is 1. The first-order valence-electron chi connectivity index (χ1n) is 18.6. The molecule has 0 spiro atoms. The molecule has 2 aliphatic heterocycles. The van der Waals surface area contributed by atoms with Crippen molar-refractivity contribution < 1.29 is 38.0 Å². The lowest BCUT2D eigenvalue weighted by atomic mass is 9.91. The first-order chi connectivity index (χ1) is 25.8. The van der Waals surface area contributed by atoms with Crippen molar-refractivity contribution in [2.24, 2.45) is 0 Å². The summed E-state index contributed by atoms with van der Waals surface area (Å²) in [4.78, 5) is 46.2. The van der Waals surface area contributed by atoms with Crippen LogP contribution in [0.3, 0.4) is 0 Å². The summed E-state index contributed by atoms with van der Waals surface area (Å²) in [5.74, 6) is 2.24. The number of methoxy groups -OCH3 is 1. The van der Waals surface area contributed by atoms with Crippen molar-refractivity contribution >= 4 is 39.6 Å². The van der Waals surface area contributed by atoms with E-state index < -0.39 is 28.9 Å². The molecule has 13 nitrogen and oxygen atoms in total. The van der Waals surface area contributed by atoms with E-state index in [1.807, 2.05) is 30.2 Å². The molecule has 3 fully saturated rings. The van der Waals surface area contributed by atoms with E-state index in [2.05, 4.69) is 5.92 Å². The number of amides is 1. The van der Waals surface area contributed by atoms with Gasteiger partial charge in [-0.2, -0.15) is 9.97 Å². The fourth-order valence-electron chi connectivity index (χ4n) is 7.62. The highest BCUT2D eigenvalue weighted by atomic mass is 19.1. The molecular formula is C40H47FN6O7. The lowest BCUT2D eigenvalue weighted by Crippen LogP contribution is -2.46. The smallest absolute Gasteiger partial charge is 0.410 e. The van der Waals surface area contributed by atoms with Gasteiger partial charge in [0.15, 0.2) is 24.1 Å². The minimum atomic E-state index is -0.981. The number of aliphatic hydroxyl groups is 1. The van der Waals surface area contributed by atoms with Crippen LogP contribution in [0.1, 0.15) is 100 Å². The molecule has 0 radical (unpaired) electrons. The maximum atomic E-state index is 15.2. The maximum absolute atomic E-state index is 15.2. The Bertz CT molecular complexity index is 2130. The fourth-order valence-corrected chi connectivity index (χ4v) is 7.62. The Balaban J connectivity index is 1.35. The van der Waals surface area contributed by atoms with Gasteiger partial charge >= 0.3 is 12.1 Å². The molecule has 1 amide bonds. The van der Waals surface area contributed by atoms with Crippen molar-refractivity contribution in [3.8, 4) is 24.1 Å². The molecule has 4 aromatic rings.